The topological polar surface area (TPSA) is 79.9 Å². The van der Waals surface area contributed by atoms with Crippen molar-refractivity contribution in [1.82, 2.24) is 4.57 Å². The first kappa shape index (κ1) is 18.9. The molecule has 2 aromatic rings. The highest BCUT2D eigenvalue weighted by Crippen LogP contribution is 2.19. The van der Waals surface area contributed by atoms with Crippen LogP contribution in [0.4, 0.5) is 4.39 Å². The van der Waals surface area contributed by atoms with Crippen LogP contribution in [0.3, 0.4) is 0 Å². The number of aryl methyl sites for hydroxylation is 1. The molecule has 0 saturated heterocycles. The maximum atomic E-state index is 13.4. The van der Waals surface area contributed by atoms with Crippen LogP contribution in [0, 0.1) is 23.1 Å². The summed E-state index contributed by atoms with van der Waals surface area (Å²) in [4.78, 5) is 12.6. The molecule has 2 rings (SSSR count). The minimum atomic E-state index is -3.45. The van der Waals surface area contributed by atoms with Crippen LogP contribution in [0.2, 0.25) is 0 Å². The van der Waals surface area contributed by atoms with E-state index in [4.69, 9.17) is 5.26 Å². The Balaban J connectivity index is 2.28. The Hall–Kier alpha value is -2.46. The van der Waals surface area contributed by atoms with Gasteiger partial charge in [0.25, 0.3) is 0 Å². The first-order chi connectivity index (χ1) is 11.6. The minimum absolute atomic E-state index is 0.00807. The summed E-state index contributed by atoms with van der Waals surface area (Å²) in [6.07, 6.45) is 1.38. The second-order valence-corrected chi connectivity index (χ2v) is 8.41. The van der Waals surface area contributed by atoms with Crippen molar-refractivity contribution >= 4 is 15.6 Å². The van der Waals surface area contributed by atoms with Crippen molar-refractivity contribution in [3.05, 3.63) is 53.1 Å². The molecule has 0 unspecified atom stereocenters. The summed E-state index contributed by atoms with van der Waals surface area (Å²) in [5.41, 5.74) is 0.623. The van der Waals surface area contributed by atoms with Crippen molar-refractivity contribution in [3.63, 3.8) is 0 Å². The number of hydrogen-bond donors (Lipinski definition) is 0. The van der Waals surface area contributed by atoms with Crippen molar-refractivity contribution in [1.29, 1.82) is 5.26 Å². The molecule has 0 aliphatic rings. The highest BCUT2D eigenvalue weighted by Gasteiger charge is 2.22. The lowest BCUT2D eigenvalue weighted by atomic mass is 10.0. The molecule has 7 heteroatoms. The molecule has 0 atom stereocenters. The molecular weight excluding hydrogens is 343 g/mol. The van der Waals surface area contributed by atoms with E-state index in [1.54, 1.807) is 13.1 Å². The predicted molar refractivity (Wildman–Crippen MR) is 91.5 cm³/mol. The Morgan fingerprint density at radius 3 is 2.60 bits per heavy atom. The van der Waals surface area contributed by atoms with Gasteiger partial charge in [-0.25, -0.2) is 12.8 Å². The molecule has 0 aliphatic heterocycles. The molecule has 132 valence electrons. The van der Waals surface area contributed by atoms with Crippen LogP contribution in [0.1, 0.15) is 35.5 Å². The quantitative estimate of drug-likeness (QED) is 0.740. The number of rotatable bonds is 6. The Kier molecular flexibility index (Phi) is 5.43. The van der Waals surface area contributed by atoms with E-state index in [1.165, 1.54) is 29.0 Å². The second kappa shape index (κ2) is 7.19. The lowest BCUT2D eigenvalue weighted by Gasteiger charge is -2.04. The average molecular weight is 362 g/mol. The fourth-order valence-corrected chi connectivity index (χ4v) is 4.24. The number of nitrogens with zero attached hydrogens (tertiary/aromatic N) is 2. The largest absolute Gasteiger partial charge is 0.347 e. The van der Waals surface area contributed by atoms with Gasteiger partial charge in [0.1, 0.15) is 11.9 Å². The van der Waals surface area contributed by atoms with Gasteiger partial charge in [-0.3, -0.25) is 4.79 Å². The van der Waals surface area contributed by atoms with Gasteiger partial charge in [-0.2, -0.15) is 5.26 Å². The number of aromatic nitrogens is 1. The third kappa shape index (κ3) is 4.34. The molecule has 25 heavy (non-hydrogen) atoms. The fourth-order valence-electron chi connectivity index (χ4n) is 2.56. The highest BCUT2D eigenvalue weighted by molar-refractivity contribution is 7.91. The summed E-state index contributed by atoms with van der Waals surface area (Å²) in [5, 5.41) is 8.86. The van der Waals surface area contributed by atoms with Gasteiger partial charge in [0, 0.05) is 19.7 Å². The summed E-state index contributed by atoms with van der Waals surface area (Å²) >= 11 is 0. The number of Topliss-reactive ketones (excluding diaryl/α,β-unsaturated/α-hetero) is 1. The molecular formula is C18H19FN2O3S. The summed E-state index contributed by atoms with van der Waals surface area (Å²) in [6.45, 7) is 3.63. The van der Waals surface area contributed by atoms with Gasteiger partial charge in [0.2, 0.25) is 0 Å². The zero-order chi connectivity index (χ0) is 18.8. The van der Waals surface area contributed by atoms with Crippen LogP contribution < -0.4 is 0 Å². The number of nitriles is 1. The van der Waals surface area contributed by atoms with Gasteiger partial charge >= 0.3 is 0 Å². The third-order valence-electron chi connectivity index (χ3n) is 3.69. The number of hydrogen-bond acceptors (Lipinski definition) is 4. The second-order valence-electron chi connectivity index (χ2n) is 6.37. The Morgan fingerprint density at radius 1 is 1.32 bits per heavy atom. The number of halogens is 1. The van der Waals surface area contributed by atoms with Crippen molar-refractivity contribution in [2.75, 3.05) is 5.75 Å². The van der Waals surface area contributed by atoms with Gasteiger partial charge in [-0.05, 0) is 29.7 Å². The Labute approximate surface area is 146 Å². The molecule has 0 aliphatic carbocycles. The normalized spacial score (nSPS) is 11.5. The Morgan fingerprint density at radius 2 is 2.00 bits per heavy atom. The first-order valence-electron chi connectivity index (χ1n) is 7.75. The smallest absolute Gasteiger partial charge is 0.183 e. The van der Waals surface area contributed by atoms with E-state index in [1.807, 2.05) is 13.8 Å². The SMILES string of the molecule is CC(C)CS(=O)(=O)c1cc(C(=O)Cc2ccc(F)c(C#N)c2)n(C)c1. The number of ketones is 1. The fraction of sp³-hybridized carbons (Fsp3) is 0.333. The standard InChI is InChI=1S/C18H19FN2O3S/c1-12(2)11-25(23,24)15-8-17(21(3)10-15)18(22)7-13-4-5-16(19)14(6-13)9-20/h4-6,8,10,12H,7,11H2,1-3H3. The molecule has 1 heterocycles. The van der Waals surface area contributed by atoms with E-state index >= 15 is 0 Å². The van der Waals surface area contributed by atoms with E-state index < -0.39 is 15.7 Å². The minimum Gasteiger partial charge on any atom is -0.347 e. The van der Waals surface area contributed by atoms with Gasteiger partial charge in [0.15, 0.2) is 15.6 Å². The molecule has 0 fully saturated rings. The maximum Gasteiger partial charge on any atom is 0.183 e. The molecule has 1 aromatic carbocycles. The van der Waals surface area contributed by atoms with E-state index in [0.717, 1.165) is 6.07 Å². The first-order valence-corrected chi connectivity index (χ1v) is 9.40. The molecule has 5 nitrogen and oxygen atoms in total. The van der Waals surface area contributed by atoms with Crippen LogP contribution in [0.5, 0.6) is 0 Å². The third-order valence-corrected chi connectivity index (χ3v) is 5.74. The van der Waals surface area contributed by atoms with Gasteiger partial charge in [-0.15, -0.1) is 0 Å². The molecule has 0 bridgehead atoms. The molecule has 0 N–H and O–H groups in total. The number of sulfone groups is 1. The molecule has 1 aromatic heterocycles. The number of carbonyl (C=O) groups is 1. The summed E-state index contributed by atoms with van der Waals surface area (Å²) < 4.78 is 39.4. The maximum absolute atomic E-state index is 13.4. The lowest BCUT2D eigenvalue weighted by Crippen LogP contribution is -2.11. The van der Waals surface area contributed by atoms with Crippen molar-refractivity contribution in [3.8, 4) is 6.07 Å². The van der Waals surface area contributed by atoms with E-state index in [2.05, 4.69) is 0 Å². The van der Waals surface area contributed by atoms with Crippen LogP contribution in [0.25, 0.3) is 0 Å². The molecule has 0 radical (unpaired) electrons. The Bertz CT molecular complexity index is 953. The molecule has 0 spiro atoms. The van der Waals surface area contributed by atoms with Gasteiger partial charge < -0.3 is 4.57 Å². The average Bonchev–Trinajstić information content (AvgIpc) is 2.91. The monoisotopic (exact) mass is 362 g/mol. The van der Waals surface area contributed by atoms with E-state index in [-0.39, 0.29) is 40.0 Å². The summed E-state index contributed by atoms with van der Waals surface area (Å²) in [6, 6.07) is 7.01. The highest BCUT2D eigenvalue weighted by atomic mass is 32.2. The zero-order valence-corrected chi connectivity index (χ0v) is 15.1. The van der Waals surface area contributed by atoms with Crippen LogP contribution in [-0.4, -0.2) is 24.5 Å². The van der Waals surface area contributed by atoms with Gasteiger partial charge in [-0.1, -0.05) is 19.9 Å². The van der Waals surface area contributed by atoms with E-state index in [0.29, 0.717) is 5.56 Å². The van der Waals surface area contributed by atoms with Crippen molar-refractivity contribution in [2.45, 2.75) is 25.2 Å². The van der Waals surface area contributed by atoms with Crippen LogP contribution >= 0.6 is 0 Å². The zero-order valence-electron chi connectivity index (χ0n) is 14.3. The lowest BCUT2D eigenvalue weighted by molar-refractivity contribution is 0.0985. The predicted octanol–water partition coefficient (Wildman–Crippen LogP) is 2.89. The summed E-state index contributed by atoms with van der Waals surface area (Å²) in [7, 11) is -1.85. The molecule has 0 amide bonds. The van der Waals surface area contributed by atoms with Crippen molar-refractivity contribution < 1.29 is 17.6 Å². The van der Waals surface area contributed by atoms with Gasteiger partial charge in [0.05, 0.1) is 21.9 Å². The van der Waals surface area contributed by atoms with Crippen molar-refractivity contribution in [2.24, 2.45) is 13.0 Å². The number of carbonyl (C=O) groups excluding carboxylic acids is 1. The summed E-state index contributed by atoms with van der Waals surface area (Å²) in [5.74, 6) is -0.953. The molecule has 0 saturated carbocycles. The number of benzene rings is 1. The van der Waals surface area contributed by atoms with Crippen LogP contribution in [0.15, 0.2) is 35.4 Å². The van der Waals surface area contributed by atoms with Crippen LogP contribution in [-0.2, 0) is 23.3 Å². The van der Waals surface area contributed by atoms with E-state index in [9.17, 15) is 17.6 Å².